The summed E-state index contributed by atoms with van der Waals surface area (Å²) >= 11 is 0. The van der Waals surface area contributed by atoms with Gasteiger partial charge in [-0.1, -0.05) is 13.8 Å². The summed E-state index contributed by atoms with van der Waals surface area (Å²) < 4.78 is 5.40. The van der Waals surface area contributed by atoms with Gasteiger partial charge in [0.2, 0.25) is 0 Å². The molecule has 0 bridgehead atoms. The molecule has 2 rings (SSSR count). The number of hydrogen-bond acceptors (Lipinski definition) is 5. The second-order valence-corrected chi connectivity index (χ2v) is 5.27. The lowest BCUT2D eigenvalue weighted by Gasteiger charge is -2.15. The van der Waals surface area contributed by atoms with Gasteiger partial charge >= 0.3 is 0 Å². The maximum absolute atomic E-state index is 5.40. The maximum atomic E-state index is 5.40. The van der Waals surface area contributed by atoms with Crippen molar-refractivity contribution in [3.8, 4) is 0 Å². The normalized spacial score (nSPS) is 18.2. The topological polar surface area (TPSA) is 59.1 Å². The van der Waals surface area contributed by atoms with Crippen molar-refractivity contribution in [2.45, 2.75) is 39.5 Å². The van der Waals surface area contributed by atoms with E-state index in [-0.39, 0.29) is 0 Å². The third kappa shape index (κ3) is 4.07. The molecule has 0 saturated carbocycles. The maximum Gasteiger partial charge on any atom is 0.134 e. The van der Waals surface area contributed by atoms with Crippen molar-refractivity contribution in [3.05, 3.63) is 11.9 Å². The largest absolute Gasteiger partial charge is 0.381 e. The van der Waals surface area contributed by atoms with Gasteiger partial charge in [-0.2, -0.15) is 0 Å². The van der Waals surface area contributed by atoms with E-state index in [2.05, 4.69) is 34.4 Å². The van der Waals surface area contributed by atoms with Gasteiger partial charge in [0.1, 0.15) is 18.0 Å². The van der Waals surface area contributed by atoms with Crippen LogP contribution in [0.15, 0.2) is 6.33 Å². The van der Waals surface area contributed by atoms with Gasteiger partial charge in [-0.15, -0.1) is 0 Å². The molecule has 5 nitrogen and oxygen atoms in total. The van der Waals surface area contributed by atoms with E-state index in [9.17, 15) is 0 Å². The Morgan fingerprint density at radius 1 is 1.20 bits per heavy atom. The highest BCUT2D eigenvalue weighted by atomic mass is 16.5. The highest BCUT2D eigenvalue weighted by Crippen LogP contribution is 2.21. The van der Waals surface area contributed by atoms with E-state index in [1.54, 1.807) is 6.33 Å². The van der Waals surface area contributed by atoms with E-state index < -0.39 is 0 Å². The van der Waals surface area contributed by atoms with E-state index in [1.165, 1.54) is 12.0 Å². The number of anilines is 2. The summed E-state index contributed by atoms with van der Waals surface area (Å²) in [6, 6.07) is 0. The Balaban J connectivity index is 1.91. The Morgan fingerprint density at radius 3 is 2.55 bits per heavy atom. The molecule has 0 amide bonds. The highest BCUT2D eigenvalue weighted by molar-refractivity contribution is 5.57. The van der Waals surface area contributed by atoms with E-state index in [0.29, 0.717) is 5.92 Å². The molecule has 1 aliphatic heterocycles. The summed E-state index contributed by atoms with van der Waals surface area (Å²) in [6.07, 6.45) is 6.00. The molecule has 112 valence electrons. The molecular weight excluding hydrogens is 252 g/mol. The predicted octanol–water partition coefficient (Wildman–Crippen LogP) is 2.70. The molecule has 0 radical (unpaired) electrons. The van der Waals surface area contributed by atoms with Crippen LogP contribution >= 0.6 is 0 Å². The van der Waals surface area contributed by atoms with E-state index in [0.717, 1.165) is 57.2 Å². The Bertz CT molecular complexity index is 405. The lowest BCUT2D eigenvalue weighted by atomic mass is 10.1. The average molecular weight is 278 g/mol. The zero-order valence-electron chi connectivity index (χ0n) is 12.6. The molecule has 2 heterocycles. The molecule has 20 heavy (non-hydrogen) atoms. The molecule has 1 aromatic heterocycles. The smallest absolute Gasteiger partial charge is 0.134 e. The molecule has 1 unspecified atom stereocenters. The fourth-order valence-electron chi connectivity index (χ4n) is 2.50. The predicted molar refractivity (Wildman–Crippen MR) is 82.2 cm³/mol. The SMILES string of the molecule is CCCNc1ncnc(NCCC2CCOC2)c1CC. The van der Waals surface area contributed by atoms with Gasteiger partial charge in [-0.05, 0) is 31.6 Å². The third-order valence-electron chi connectivity index (χ3n) is 3.71. The van der Waals surface area contributed by atoms with Crippen molar-refractivity contribution in [2.75, 3.05) is 36.9 Å². The van der Waals surface area contributed by atoms with Gasteiger partial charge in [-0.3, -0.25) is 0 Å². The molecule has 1 fully saturated rings. The van der Waals surface area contributed by atoms with Crippen molar-refractivity contribution in [1.29, 1.82) is 0 Å². The van der Waals surface area contributed by atoms with Crippen LogP contribution in [0.25, 0.3) is 0 Å². The molecule has 0 spiro atoms. The van der Waals surface area contributed by atoms with Crippen LogP contribution in [0.3, 0.4) is 0 Å². The van der Waals surface area contributed by atoms with Crippen LogP contribution in [-0.4, -0.2) is 36.3 Å². The van der Waals surface area contributed by atoms with Crippen molar-refractivity contribution >= 4 is 11.6 Å². The molecule has 5 heteroatoms. The minimum Gasteiger partial charge on any atom is -0.381 e. The summed E-state index contributed by atoms with van der Waals surface area (Å²) in [5.74, 6) is 2.64. The van der Waals surface area contributed by atoms with E-state index >= 15 is 0 Å². The summed E-state index contributed by atoms with van der Waals surface area (Å²) in [4.78, 5) is 8.74. The van der Waals surface area contributed by atoms with Crippen molar-refractivity contribution in [1.82, 2.24) is 9.97 Å². The first kappa shape index (κ1) is 15.0. The highest BCUT2D eigenvalue weighted by Gasteiger charge is 2.15. The zero-order chi connectivity index (χ0) is 14.2. The van der Waals surface area contributed by atoms with Crippen molar-refractivity contribution < 1.29 is 4.74 Å². The third-order valence-corrected chi connectivity index (χ3v) is 3.71. The van der Waals surface area contributed by atoms with Gasteiger partial charge in [0, 0.05) is 31.9 Å². The van der Waals surface area contributed by atoms with Crippen LogP contribution in [0.5, 0.6) is 0 Å². The zero-order valence-corrected chi connectivity index (χ0v) is 12.6. The van der Waals surface area contributed by atoms with Gasteiger partial charge < -0.3 is 15.4 Å². The van der Waals surface area contributed by atoms with Crippen LogP contribution in [-0.2, 0) is 11.2 Å². The van der Waals surface area contributed by atoms with Gasteiger partial charge in [0.05, 0.1) is 0 Å². The summed E-state index contributed by atoms with van der Waals surface area (Å²) in [7, 11) is 0. The van der Waals surface area contributed by atoms with Gasteiger partial charge in [0.25, 0.3) is 0 Å². The first-order chi connectivity index (χ1) is 9.85. The van der Waals surface area contributed by atoms with Crippen molar-refractivity contribution in [3.63, 3.8) is 0 Å². The number of rotatable bonds is 8. The lowest BCUT2D eigenvalue weighted by molar-refractivity contribution is 0.185. The van der Waals surface area contributed by atoms with E-state index in [1.807, 2.05) is 0 Å². The molecule has 1 aliphatic rings. The summed E-state index contributed by atoms with van der Waals surface area (Å²) in [5, 5.41) is 6.84. The van der Waals surface area contributed by atoms with Gasteiger partial charge in [0.15, 0.2) is 0 Å². The number of aromatic nitrogens is 2. The molecule has 0 aromatic carbocycles. The molecule has 0 aliphatic carbocycles. The first-order valence-electron chi connectivity index (χ1n) is 7.74. The first-order valence-corrected chi connectivity index (χ1v) is 7.74. The van der Waals surface area contributed by atoms with E-state index in [4.69, 9.17) is 4.74 Å². The quantitative estimate of drug-likeness (QED) is 0.765. The molecule has 2 N–H and O–H groups in total. The molecule has 1 atom stereocenters. The standard InChI is InChI=1S/C15H26N4O/c1-3-7-16-14-13(4-2)15(19-11-18-14)17-8-5-12-6-9-20-10-12/h11-12H,3-10H2,1-2H3,(H2,16,17,18,19). The Labute approximate surface area is 121 Å². The Hall–Kier alpha value is -1.36. The second kappa shape index (κ2) is 8.04. The molecule has 1 saturated heterocycles. The Kier molecular flexibility index (Phi) is 6.05. The van der Waals surface area contributed by atoms with Crippen LogP contribution in [0.1, 0.15) is 38.7 Å². The number of nitrogens with one attached hydrogen (secondary N) is 2. The van der Waals surface area contributed by atoms with Gasteiger partial charge in [-0.25, -0.2) is 9.97 Å². The number of ether oxygens (including phenoxy) is 1. The van der Waals surface area contributed by atoms with Crippen LogP contribution < -0.4 is 10.6 Å². The lowest BCUT2D eigenvalue weighted by Crippen LogP contribution is -2.13. The summed E-state index contributed by atoms with van der Waals surface area (Å²) in [6.45, 7) is 8.03. The second-order valence-electron chi connectivity index (χ2n) is 5.27. The van der Waals surface area contributed by atoms with Crippen LogP contribution in [0, 0.1) is 5.92 Å². The minimum absolute atomic E-state index is 0.701. The van der Waals surface area contributed by atoms with Crippen LogP contribution in [0.4, 0.5) is 11.6 Å². The Morgan fingerprint density at radius 2 is 1.95 bits per heavy atom. The fraction of sp³-hybridized carbons (Fsp3) is 0.733. The average Bonchev–Trinajstić information content (AvgIpc) is 2.98. The number of hydrogen-bond donors (Lipinski definition) is 2. The van der Waals surface area contributed by atoms with Crippen molar-refractivity contribution in [2.24, 2.45) is 5.92 Å². The van der Waals surface area contributed by atoms with Crippen LogP contribution in [0.2, 0.25) is 0 Å². The number of nitrogens with zero attached hydrogens (tertiary/aromatic N) is 2. The summed E-state index contributed by atoms with van der Waals surface area (Å²) in [5.41, 5.74) is 1.18. The minimum atomic E-state index is 0.701. The monoisotopic (exact) mass is 278 g/mol. The fourth-order valence-corrected chi connectivity index (χ4v) is 2.50. The molecular formula is C15H26N4O. The molecule has 1 aromatic rings.